The quantitative estimate of drug-likeness (QED) is 0.380. The summed E-state index contributed by atoms with van der Waals surface area (Å²) in [5, 5.41) is 0. The molecule has 0 radical (unpaired) electrons. The van der Waals surface area contributed by atoms with Crippen LogP contribution in [0, 0.1) is 0 Å². The Labute approximate surface area is 53.1 Å². The second-order valence-corrected chi connectivity index (χ2v) is 1.59. The smallest absolute Gasteiger partial charge is 0.338 e. The lowest BCUT2D eigenvalue weighted by molar-refractivity contribution is -0.135. The number of ether oxygens (including phenoxy) is 1. The molecular formula is C7H6O2. The molecule has 1 aliphatic carbocycles. The predicted molar refractivity (Wildman–Crippen MR) is 32.8 cm³/mol. The van der Waals surface area contributed by atoms with E-state index in [0.717, 1.165) is 0 Å². The molecule has 0 heterocycles. The Bertz CT molecular complexity index is 217. The first kappa shape index (κ1) is 5.86. The maximum atomic E-state index is 10.6. The van der Waals surface area contributed by atoms with Gasteiger partial charge in [0.05, 0.1) is 12.7 Å². The van der Waals surface area contributed by atoms with E-state index in [1.807, 2.05) is 0 Å². The number of esters is 1. The molecule has 0 atom stereocenters. The van der Waals surface area contributed by atoms with Gasteiger partial charge in [-0.15, -0.1) is 5.73 Å². The number of carbonyl (C=O) groups is 1. The van der Waals surface area contributed by atoms with Crippen LogP contribution in [0.3, 0.4) is 0 Å². The molecule has 46 valence electrons. The fraction of sp³-hybridized carbons (Fsp3) is 0.143. The molecule has 0 unspecified atom stereocenters. The first-order chi connectivity index (χ1) is 4.34. The summed E-state index contributed by atoms with van der Waals surface area (Å²) >= 11 is 0. The number of methoxy groups -OCH3 is 1. The Kier molecular flexibility index (Phi) is 1.52. The van der Waals surface area contributed by atoms with Gasteiger partial charge in [0.2, 0.25) is 0 Å². The van der Waals surface area contributed by atoms with E-state index in [1.165, 1.54) is 7.11 Å². The molecule has 0 aliphatic heterocycles. The predicted octanol–water partition coefficient (Wildman–Crippen LogP) is 0.811. The summed E-state index contributed by atoms with van der Waals surface area (Å²) in [4.78, 5) is 10.6. The molecule has 1 rings (SSSR count). The van der Waals surface area contributed by atoms with Crippen molar-refractivity contribution in [2.75, 3.05) is 7.11 Å². The Morgan fingerprint density at radius 1 is 1.78 bits per heavy atom. The molecule has 2 nitrogen and oxygen atoms in total. The second kappa shape index (κ2) is 2.33. The van der Waals surface area contributed by atoms with Gasteiger partial charge in [0.15, 0.2) is 0 Å². The van der Waals surface area contributed by atoms with Crippen LogP contribution in [0.2, 0.25) is 0 Å². The fourth-order valence-electron chi connectivity index (χ4n) is 0.569. The van der Waals surface area contributed by atoms with Gasteiger partial charge in [-0.3, -0.25) is 0 Å². The molecule has 0 N–H and O–H groups in total. The summed E-state index contributed by atoms with van der Waals surface area (Å²) in [6.07, 6.45) is 4.92. The van der Waals surface area contributed by atoms with Crippen LogP contribution in [0.5, 0.6) is 0 Å². The fourth-order valence-corrected chi connectivity index (χ4v) is 0.569. The van der Waals surface area contributed by atoms with Gasteiger partial charge in [-0.25, -0.2) is 4.79 Å². The topological polar surface area (TPSA) is 26.3 Å². The summed E-state index contributed by atoms with van der Waals surface area (Å²) < 4.78 is 4.44. The van der Waals surface area contributed by atoms with Crippen molar-refractivity contribution >= 4 is 5.97 Å². The molecule has 0 saturated carbocycles. The minimum atomic E-state index is -0.309. The third kappa shape index (κ3) is 1.09. The maximum absolute atomic E-state index is 10.6. The van der Waals surface area contributed by atoms with Crippen molar-refractivity contribution in [1.29, 1.82) is 0 Å². The average molecular weight is 122 g/mol. The van der Waals surface area contributed by atoms with E-state index in [2.05, 4.69) is 10.5 Å². The largest absolute Gasteiger partial charge is 0.465 e. The highest BCUT2D eigenvalue weighted by atomic mass is 16.5. The van der Waals surface area contributed by atoms with Crippen LogP contribution in [0.15, 0.2) is 29.5 Å². The van der Waals surface area contributed by atoms with Crippen molar-refractivity contribution < 1.29 is 9.53 Å². The molecule has 0 saturated heterocycles. The first-order valence-electron chi connectivity index (χ1n) is 2.55. The molecule has 0 bridgehead atoms. The zero-order chi connectivity index (χ0) is 6.69. The van der Waals surface area contributed by atoms with E-state index in [1.54, 1.807) is 18.2 Å². The van der Waals surface area contributed by atoms with Crippen molar-refractivity contribution in [2.24, 2.45) is 0 Å². The highest BCUT2D eigenvalue weighted by Gasteiger charge is 2.05. The van der Waals surface area contributed by atoms with E-state index in [-0.39, 0.29) is 5.97 Å². The minimum Gasteiger partial charge on any atom is -0.465 e. The van der Waals surface area contributed by atoms with Crippen LogP contribution in [0.1, 0.15) is 0 Å². The summed E-state index contributed by atoms with van der Waals surface area (Å²) in [7, 11) is 1.36. The maximum Gasteiger partial charge on any atom is 0.338 e. The molecule has 0 fully saturated rings. The Hall–Kier alpha value is -1.27. The van der Waals surface area contributed by atoms with Gasteiger partial charge in [-0.2, -0.15) is 0 Å². The van der Waals surface area contributed by atoms with E-state index >= 15 is 0 Å². The standard InChI is InChI=1S/C7H6O2/c1-9-7(8)6-4-2-3-5-6/h2,4-5H,1H3. The van der Waals surface area contributed by atoms with Crippen molar-refractivity contribution in [3.8, 4) is 0 Å². The van der Waals surface area contributed by atoms with Gasteiger partial charge in [0, 0.05) is 0 Å². The summed E-state index contributed by atoms with van der Waals surface area (Å²) in [5.74, 6) is -0.309. The lowest BCUT2D eigenvalue weighted by Crippen LogP contribution is -2.00. The number of hydrogen-bond acceptors (Lipinski definition) is 2. The molecule has 0 amide bonds. The molecular weight excluding hydrogens is 116 g/mol. The van der Waals surface area contributed by atoms with Gasteiger partial charge >= 0.3 is 5.97 Å². The van der Waals surface area contributed by atoms with Crippen LogP contribution in [0.4, 0.5) is 0 Å². The highest BCUT2D eigenvalue weighted by Crippen LogP contribution is 2.03. The van der Waals surface area contributed by atoms with Gasteiger partial charge in [-0.1, -0.05) is 0 Å². The minimum absolute atomic E-state index is 0.309. The average Bonchev–Trinajstić information content (AvgIpc) is 2.37. The monoisotopic (exact) mass is 122 g/mol. The SMILES string of the molecule is COC(=O)C1=CC=C=C1. The molecule has 0 spiro atoms. The third-order valence-electron chi connectivity index (χ3n) is 1.02. The Balaban J connectivity index is 2.67. The van der Waals surface area contributed by atoms with Crippen LogP contribution in [0.25, 0.3) is 0 Å². The van der Waals surface area contributed by atoms with Crippen LogP contribution in [-0.2, 0) is 9.53 Å². The second-order valence-electron chi connectivity index (χ2n) is 1.59. The number of hydrogen-bond donors (Lipinski definition) is 0. The van der Waals surface area contributed by atoms with E-state index in [4.69, 9.17) is 0 Å². The Morgan fingerprint density at radius 2 is 2.56 bits per heavy atom. The number of rotatable bonds is 1. The van der Waals surface area contributed by atoms with Crippen LogP contribution >= 0.6 is 0 Å². The van der Waals surface area contributed by atoms with Crippen LogP contribution < -0.4 is 0 Å². The van der Waals surface area contributed by atoms with Crippen molar-refractivity contribution in [2.45, 2.75) is 0 Å². The number of allylic oxidation sites excluding steroid dienone is 1. The zero-order valence-electron chi connectivity index (χ0n) is 5.05. The van der Waals surface area contributed by atoms with Gasteiger partial charge in [0.1, 0.15) is 0 Å². The number of carbonyl (C=O) groups excluding carboxylic acids is 1. The third-order valence-corrected chi connectivity index (χ3v) is 1.02. The molecule has 0 aromatic carbocycles. The molecule has 0 aromatic rings. The molecule has 9 heavy (non-hydrogen) atoms. The zero-order valence-corrected chi connectivity index (χ0v) is 5.05. The molecule has 1 aliphatic rings. The van der Waals surface area contributed by atoms with Gasteiger partial charge in [0.25, 0.3) is 0 Å². The molecule has 0 aromatic heterocycles. The normalized spacial score (nSPS) is 13.7. The van der Waals surface area contributed by atoms with E-state index < -0.39 is 0 Å². The summed E-state index contributed by atoms with van der Waals surface area (Å²) in [6.45, 7) is 0. The molecule has 2 heteroatoms. The Morgan fingerprint density at radius 3 is 3.00 bits per heavy atom. The van der Waals surface area contributed by atoms with Gasteiger partial charge in [-0.05, 0) is 18.2 Å². The first-order valence-corrected chi connectivity index (χ1v) is 2.55. The highest BCUT2D eigenvalue weighted by molar-refractivity contribution is 5.92. The lowest BCUT2D eigenvalue weighted by Gasteiger charge is -1.92. The summed E-state index contributed by atoms with van der Waals surface area (Å²) in [5.41, 5.74) is 3.30. The van der Waals surface area contributed by atoms with E-state index in [0.29, 0.717) is 5.57 Å². The van der Waals surface area contributed by atoms with Crippen molar-refractivity contribution in [3.63, 3.8) is 0 Å². The van der Waals surface area contributed by atoms with Gasteiger partial charge < -0.3 is 4.74 Å². The van der Waals surface area contributed by atoms with E-state index in [9.17, 15) is 4.79 Å². The van der Waals surface area contributed by atoms with Crippen molar-refractivity contribution in [3.05, 3.63) is 29.5 Å². The lowest BCUT2D eigenvalue weighted by atomic mass is 10.3. The van der Waals surface area contributed by atoms with Crippen LogP contribution in [-0.4, -0.2) is 13.1 Å². The summed E-state index contributed by atoms with van der Waals surface area (Å²) in [6, 6.07) is 0. The van der Waals surface area contributed by atoms with Crippen molar-refractivity contribution in [1.82, 2.24) is 0 Å².